The number of carbonyl (C=O) groups is 1. The van der Waals surface area contributed by atoms with Crippen LogP contribution in [0.25, 0.3) is 0 Å². The Morgan fingerprint density at radius 3 is 2.48 bits per heavy atom. The Morgan fingerprint density at radius 2 is 1.86 bits per heavy atom. The third-order valence-corrected chi connectivity index (χ3v) is 3.93. The number of rotatable bonds is 2. The number of aryl methyl sites for hydroxylation is 2. The maximum atomic E-state index is 12.3. The minimum absolute atomic E-state index is 0.00324. The summed E-state index contributed by atoms with van der Waals surface area (Å²) in [6.45, 7) is 6.20. The van der Waals surface area contributed by atoms with Crippen molar-refractivity contribution in [1.82, 2.24) is 4.98 Å². The first-order valence-corrected chi connectivity index (χ1v) is 6.95. The van der Waals surface area contributed by atoms with E-state index in [0.29, 0.717) is 6.42 Å². The summed E-state index contributed by atoms with van der Waals surface area (Å²) in [5, 5.41) is 5.98. The zero-order valence-corrected chi connectivity index (χ0v) is 12.4. The fraction of sp³-hybridized carbons (Fsp3) is 0.235. The monoisotopic (exact) mass is 279 g/mol. The first-order chi connectivity index (χ1) is 10.1. The number of aromatic nitrogens is 1. The third kappa shape index (κ3) is 2.44. The fourth-order valence-corrected chi connectivity index (χ4v) is 2.46. The number of anilines is 1. The van der Waals surface area contributed by atoms with Crippen molar-refractivity contribution in [1.29, 1.82) is 0 Å². The van der Waals surface area contributed by atoms with E-state index in [1.807, 2.05) is 24.3 Å². The molecular formula is C17H17N3O. The smallest absolute Gasteiger partial charge is 0.253 e. The highest BCUT2D eigenvalue weighted by Gasteiger charge is 2.26. The summed E-state index contributed by atoms with van der Waals surface area (Å²) in [4.78, 5) is 16.3. The highest BCUT2D eigenvalue weighted by Crippen LogP contribution is 2.26. The van der Waals surface area contributed by atoms with Crippen LogP contribution in [0.3, 0.4) is 0 Å². The summed E-state index contributed by atoms with van der Waals surface area (Å²) in [5.41, 5.74) is 6.09. The fourth-order valence-electron chi connectivity index (χ4n) is 2.46. The van der Waals surface area contributed by atoms with Crippen LogP contribution in [0.5, 0.6) is 0 Å². The largest absolute Gasteiger partial charge is 0.272 e. The Morgan fingerprint density at radius 1 is 1.14 bits per heavy atom. The molecule has 0 N–H and O–H groups in total. The van der Waals surface area contributed by atoms with Crippen LogP contribution in [-0.4, -0.2) is 16.6 Å². The van der Waals surface area contributed by atoms with Gasteiger partial charge in [-0.3, -0.25) is 9.78 Å². The maximum absolute atomic E-state index is 12.3. The molecule has 0 bridgehead atoms. The van der Waals surface area contributed by atoms with E-state index in [1.54, 1.807) is 12.4 Å². The van der Waals surface area contributed by atoms with Crippen LogP contribution in [0.2, 0.25) is 0 Å². The number of hydrogen-bond acceptors (Lipinski definition) is 3. The number of hydrogen-bond donors (Lipinski definition) is 0. The van der Waals surface area contributed by atoms with Crippen molar-refractivity contribution in [3.63, 3.8) is 0 Å². The van der Waals surface area contributed by atoms with Gasteiger partial charge in [0.15, 0.2) is 0 Å². The van der Waals surface area contributed by atoms with Crippen LogP contribution >= 0.6 is 0 Å². The molecule has 4 heteroatoms. The van der Waals surface area contributed by atoms with E-state index in [9.17, 15) is 4.79 Å². The molecule has 0 fully saturated rings. The van der Waals surface area contributed by atoms with Crippen molar-refractivity contribution >= 4 is 17.3 Å². The topological polar surface area (TPSA) is 45.6 Å². The lowest BCUT2D eigenvalue weighted by molar-refractivity contribution is -0.116. The van der Waals surface area contributed by atoms with E-state index >= 15 is 0 Å². The lowest BCUT2D eigenvalue weighted by Gasteiger charge is -2.15. The Balaban J connectivity index is 2.00. The van der Waals surface area contributed by atoms with Crippen LogP contribution in [0.4, 0.5) is 5.69 Å². The minimum atomic E-state index is -0.00324. The Hall–Kier alpha value is -2.49. The zero-order chi connectivity index (χ0) is 15.0. The standard InChI is InChI=1S/C17H17N3O/c1-11-7-15(8-12(2)13(11)3)20-17(21)9-16(19-20)14-5-4-6-18-10-14/h4-8,10H,9H2,1-3H3. The summed E-state index contributed by atoms with van der Waals surface area (Å²) in [7, 11) is 0. The highest BCUT2D eigenvalue weighted by atomic mass is 16.2. The molecule has 0 spiro atoms. The second-order valence-corrected chi connectivity index (χ2v) is 5.38. The molecule has 2 heterocycles. The lowest BCUT2D eigenvalue weighted by Crippen LogP contribution is -2.19. The average Bonchev–Trinajstić information content (AvgIpc) is 2.87. The predicted molar refractivity (Wildman–Crippen MR) is 83.5 cm³/mol. The number of carbonyl (C=O) groups excluding carboxylic acids is 1. The van der Waals surface area contributed by atoms with Gasteiger partial charge in [0.2, 0.25) is 0 Å². The molecule has 0 radical (unpaired) electrons. The van der Waals surface area contributed by atoms with Gasteiger partial charge in [-0.25, -0.2) is 5.01 Å². The molecule has 1 aromatic carbocycles. The molecule has 0 saturated carbocycles. The van der Waals surface area contributed by atoms with Gasteiger partial charge in [0.1, 0.15) is 0 Å². The van der Waals surface area contributed by atoms with Crippen LogP contribution in [0.1, 0.15) is 28.7 Å². The van der Waals surface area contributed by atoms with Crippen molar-refractivity contribution in [2.45, 2.75) is 27.2 Å². The molecule has 0 aliphatic carbocycles. The van der Waals surface area contributed by atoms with E-state index < -0.39 is 0 Å². The lowest BCUT2D eigenvalue weighted by atomic mass is 10.0. The molecule has 4 nitrogen and oxygen atoms in total. The summed E-state index contributed by atoms with van der Waals surface area (Å²) in [6.07, 6.45) is 3.77. The molecule has 0 atom stereocenters. The Labute approximate surface area is 124 Å². The molecule has 21 heavy (non-hydrogen) atoms. The Bertz CT molecular complexity index is 712. The first-order valence-electron chi connectivity index (χ1n) is 6.95. The summed E-state index contributed by atoms with van der Waals surface area (Å²) >= 11 is 0. The molecule has 1 aromatic heterocycles. The van der Waals surface area contributed by atoms with Gasteiger partial charge in [-0.05, 0) is 61.7 Å². The van der Waals surface area contributed by atoms with E-state index in [2.05, 4.69) is 30.9 Å². The molecule has 1 aliphatic rings. The normalized spacial score (nSPS) is 14.5. The molecule has 0 saturated heterocycles. The van der Waals surface area contributed by atoms with Gasteiger partial charge in [-0.2, -0.15) is 5.10 Å². The van der Waals surface area contributed by atoms with Crippen molar-refractivity contribution < 1.29 is 4.79 Å². The van der Waals surface area contributed by atoms with Crippen LogP contribution in [0, 0.1) is 20.8 Å². The summed E-state index contributed by atoms with van der Waals surface area (Å²) in [6, 6.07) is 7.80. The molecule has 106 valence electrons. The predicted octanol–water partition coefficient (Wildman–Crippen LogP) is 3.15. The van der Waals surface area contributed by atoms with Gasteiger partial charge in [-0.15, -0.1) is 0 Å². The molecule has 1 amide bonds. The van der Waals surface area contributed by atoms with Crippen LogP contribution < -0.4 is 5.01 Å². The van der Waals surface area contributed by atoms with Gasteiger partial charge >= 0.3 is 0 Å². The van der Waals surface area contributed by atoms with Crippen molar-refractivity contribution in [3.05, 3.63) is 58.9 Å². The summed E-state index contributed by atoms with van der Waals surface area (Å²) in [5.74, 6) is -0.00324. The summed E-state index contributed by atoms with van der Waals surface area (Å²) < 4.78 is 0. The number of benzene rings is 1. The van der Waals surface area contributed by atoms with Gasteiger partial charge in [0, 0.05) is 18.0 Å². The van der Waals surface area contributed by atoms with Crippen molar-refractivity contribution in [3.8, 4) is 0 Å². The van der Waals surface area contributed by atoms with Gasteiger partial charge < -0.3 is 0 Å². The maximum Gasteiger partial charge on any atom is 0.253 e. The quantitative estimate of drug-likeness (QED) is 0.847. The zero-order valence-electron chi connectivity index (χ0n) is 12.4. The van der Waals surface area contributed by atoms with Crippen molar-refractivity contribution in [2.24, 2.45) is 5.10 Å². The van der Waals surface area contributed by atoms with E-state index in [0.717, 1.165) is 17.0 Å². The first kappa shape index (κ1) is 13.5. The van der Waals surface area contributed by atoms with Gasteiger partial charge in [0.05, 0.1) is 17.8 Å². The molecular weight excluding hydrogens is 262 g/mol. The van der Waals surface area contributed by atoms with Gasteiger partial charge in [0.25, 0.3) is 5.91 Å². The van der Waals surface area contributed by atoms with Crippen LogP contribution in [-0.2, 0) is 4.79 Å². The molecule has 2 aromatic rings. The van der Waals surface area contributed by atoms with Crippen molar-refractivity contribution in [2.75, 3.05) is 5.01 Å². The van der Waals surface area contributed by atoms with E-state index in [1.165, 1.54) is 21.7 Å². The average molecular weight is 279 g/mol. The number of amides is 1. The molecule has 0 unspecified atom stereocenters. The molecule has 3 rings (SSSR count). The highest BCUT2D eigenvalue weighted by molar-refractivity contribution is 6.19. The second kappa shape index (κ2) is 5.13. The minimum Gasteiger partial charge on any atom is -0.272 e. The van der Waals surface area contributed by atoms with Crippen LogP contribution in [0.15, 0.2) is 41.8 Å². The Kier molecular flexibility index (Phi) is 3.29. The number of nitrogens with zero attached hydrogens (tertiary/aromatic N) is 3. The van der Waals surface area contributed by atoms with E-state index in [-0.39, 0.29) is 5.91 Å². The molecule has 1 aliphatic heterocycles. The van der Waals surface area contributed by atoms with E-state index in [4.69, 9.17) is 0 Å². The van der Waals surface area contributed by atoms with Gasteiger partial charge in [-0.1, -0.05) is 0 Å². The third-order valence-electron chi connectivity index (χ3n) is 3.93. The second-order valence-electron chi connectivity index (χ2n) is 5.38. The number of pyridine rings is 1. The SMILES string of the molecule is Cc1cc(N2N=C(c3cccnc3)CC2=O)cc(C)c1C. The number of hydrazone groups is 1.